The van der Waals surface area contributed by atoms with Crippen LogP contribution in [-0.2, 0) is 22.6 Å². The molecule has 1 aliphatic heterocycles. The molecule has 1 aromatic heterocycles. The summed E-state index contributed by atoms with van der Waals surface area (Å²) in [5, 5.41) is 17.1. The molecule has 1 aliphatic rings. The fourth-order valence-electron chi connectivity index (χ4n) is 4.53. The van der Waals surface area contributed by atoms with Gasteiger partial charge in [0.2, 0.25) is 0 Å². The molecule has 0 aliphatic carbocycles. The molecule has 0 amide bonds. The van der Waals surface area contributed by atoms with Crippen molar-refractivity contribution >= 4 is 11.8 Å². The predicted molar refractivity (Wildman–Crippen MR) is 140 cm³/mol. The molecular formula is C28H30N4O3S. The van der Waals surface area contributed by atoms with Crippen LogP contribution < -0.4 is 5.73 Å². The van der Waals surface area contributed by atoms with E-state index in [4.69, 9.17) is 15.2 Å². The standard InChI is InChI=1S/C28H30N4O3S/c1-18-25(16-36-28-30-17-31-32-28)34-27(35-26(18)21-8-6-19(15-33)7-9-21)22-12-10-20(11-13-22)24-5-3-2-4-23(24)14-29/h2-13,17-18,25-27,33H,14-16,29H2,1H3,(H,30,31,32)/t18-,25+,26+,27+/m1/s1. The van der Waals surface area contributed by atoms with E-state index in [2.05, 4.69) is 58.5 Å². The summed E-state index contributed by atoms with van der Waals surface area (Å²) in [7, 11) is 0. The molecule has 0 unspecified atom stereocenters. The van der Waals surface area contributed by atoms with Crippen LogP contribution in [0.1, 0.15) is 41.6 Å². The quantitative estimate of drug-likeness (QED) is 0.291. The van der Waals surface area contributed by atoms with Gasteiger partial charge in [-0.3, -0.25) is 5.10 Å². The summed E-state index contributed by atoms with van der Waals surface area (Å²) in [6.45, 7) is 2.66. The minimum Gasteiger partial charge on any atom is -0.392 e. The third-order valence-electron chi connectivity index (χ3n) is 6.63. The van der Waals surface area contributed by atoms with E-state index in [1.807, 2.05) is 36.4 Å². The third kappa shape index (κ3) is 5.38. The van der Waals surface area contributed by atoms with Gasteiger partial charge in [0.05, 0.1) is 18.8 Å². The Kier molecular flexibility index (Phi) is 7.79. The Balaban J connectivity index is 1.40. The molecule has 4 aromatic rings. The van der Waals surface area contributed by atoms with Crippen LogP contribution in [0.2, 0.25) is 0 Å². The van der Waals surface area contributed by atoms with Gasteiger partial charge in [0.15, 0.2) is 11.4 Å². The predicted octanol–water partition coefficient (Wildman–Crippen LogP) is 5.01. The van der Waals surface area contributed by atoms with Crippen LogP contribution in [0.3, 0.4) is 0 Å². The molecule has 186 valence electrons. The molecule has 1 fully saturated rings. The highest BCUT2D eigenvalue weighted by Crippen LogP contribution is 2.43. The zero-order valence-electron chi connectivity index (χ0n) is 20.1. The SMILES string of the molecule is C[C@@H]1[C@H](CSc2ncn[nH]2)O[C@H](c2ccc(-c3ccccc3CN)cc2)O[C@@H]1c1ccc(CO)cc1. The summed E-state index contributed by atoms with van der Waals surface area (Å²) in [5.41, 5.74) is 12.2. The first kappa shape index (κ1) is 24.7. The van der Waals surface area contributed by atoms with Crippen LogP contribution in [0.25, 0.3) is 11.1 Å². The fraction of sp³-hybridized carbons (Fsp3) is 0.286. The van der Waals surface area contributed by atoms with E-state index >= 15 is 0 Å². The van der Waals surface area contributed by atoms with Crippen LogP contribution in [0.5, 0.6) is 0 Å². The maximum absolute atomic E-state index is 9.45. The lowest BCUT2D eigenvalue weighted by Crippen LogP contribution is -2.38. The highest BCUT2D eigenvalue weighted by molar-refractivity contribution is 7.99. The largest absolute Gasteiger partial charge is 0.392 e. The summed E-state index contributed by atoms with van der Waals surface area (Å²) in [4.78, 5) is 4.23. The average molecular weight is 503 g/mol. The van der Waals surface area contributed by atoms with E-state index in [-0.39, 0.29) is 24.7 Å². The molecule has 8 heteroatoms. The van der Waals surface area contributed by atoms with Gasteiger partial charge in [-0.25, -0.2) is 4.98 Å². The van der Waals surface area contributed by atoms with E-state index in [0.717, 1.165) is 38.5 Å². The van der Waals surface area contributed by atoms with Crippen molar-refractivity contribution in [3.8, 4) is 11.1 Å². The summed E-state index contributed by atoms with van der Waals surface area (Å²) < 4.78 is 13.1. The average Bonchev–Trinajstić information content (AvgIpc) is 3.46. The molecule has 0 bridgehead atoms. The van der Waals surface area contributed by atoms with Gasteiger partial charge in [-0.2, -0.15) is 5.10 Å². The summed E-state index contributed by atoms with van der Waals surface area (Å²) >= 11 is 1.59. The van der Waals surface area contributed by atoms with Crippen molar-refractivity contribution < 1.29 is 14.6 Å². The van der Waals surface area contributed by atoms with Gasteiger partial charge in [0, 0.05) is 23.8 Å². The number of hydrogen-bond donors (Lipinski definition) is 3. The number of aliphatic hydroxyl groups is 1. The minimum absolute atomic E-state index is 0.0170. The first-order valence-electron chi connectivity index (χ1n) is 12.0. The third-order valence-corrected chi connectivity index (χ3v) is 7.60. The van der Waals surface area contributed by atoms with Crippen molar-refractivity contribution in [2.75, 3.05) is 5.75 Å². The fourth-order valence-corrected chi connectivity index (χ4v) is 5.48. The second-order valence-corrected chi connectivity index (χ2v) is 9.92. The van der Waals surface area contributed by atoms with Crippen molar-refractivity contribution in [2.45, 2.75) is 43.7 Å². The van der Waals surface area contributed by atoms with E-state index < -0.39 is 6.29 Å². The zero-order chi connectivity index (χ0) is 24.9. The number of H-pyrrole nitrogens is 1. The van der Waals surface area contributed by atoms with E-state index in [9.17, 15) is 5.11 Å². The Hall–Kier alpha value is -3.01. The number of ether oxygens (including phenoxy) is 2. The first-order chi connectivity index (χ1) is 17.7. The van der Waals surface area contributed by atoms with Gasteiger partial charge < -0.3 is 20.3 Å². The van der Waals surface area contributed by atoms with Crippen molar-refractivity contribution in [3.63, 3.8) is 0 Å². The summed E-state index contributed by atoms with van der Waals surface area (Å²) in [6.07, 6.45) is 0.770. The number of nitrogens with zero attached hydrogens (tertiary/aromatic N) is 2. The molecule has 7 nitrogen and oxygen atoms in total. The Labute approximate surface area is 215 Å². The molecule has 0 spiro atoms. The van der Waals surface area contributed by atoms with Gasteiger partial charge in [-0.15, -0.1) is 0 Å². The molecule has 5 rings (SSSR count). The molecular weight excluding hydrogens is 472 g/mol. The monoisotopic (exact) mass is 502 g/mol. The molecule has 2 heterocycles. The maximum Gasteiger partial charge on any atom is 0.184 e. The van der Waals surface area contributed by atoms with Crippen LogP contribution in [0.15, 0.2) is 84.3 Å². The Morgan fingerprint density at radius 3 is 2.42 bits per heavy atom. The molecule has 36 heavy (non-hydrogen) atoms. The van der Waals surface area contributed by atoms with Gasteiger partial charge in [0.1, 0.15) is 6.33 Å². The minimum atomic E-state index is -0.511. The van der Waals surface area contributed by atoms with Crippen molar-refractivity contribution in [3.05, 3.63) is 101 Å². The van der Waals surface area contributed by atoms with Crippen LogP contribution in [-0.4, -0.2) is 32.1 Å². The number of aliphatic hydroxyl groups excluding tert-OH is 1. The van der Waals surface area contributed by atoms with Crippen molar-refractivity contribution in [2.24, 2.45) is 11.7 Å². The highest BCUT2D eigenvalue weighted by atomic mass is 32.2. The number of thioether (sulfide) groups is 1. The lowest BCUT2D eigenvalue weighted by atomic mass is 9.91. The first-order valence-corrected chi connectivity index (χ1v) is 13.0. The van der Waals surface area contributed by atoms with Crippen LogP contribution in [0, 0.1) is 5.92 Å². The number of benzene rings is 3. The van der Waals surface area contributed by atoms with Gasteiger partial charge in [-0.05, 0) is 27.8 Å². The Morgan fingerprint density at radius 1 is 0.972 bits per heavy atom. The number of nitrogens with one attached hydrogen (secondary N) is 1. The normalized spacial score (nSPS) is 22.0. The van der Waals surface area contributed by atoms with E-state index in [1.54, 1.807) is 11.8 Å². The molecule has 1 saturated heterocycles. The van der Waals surface area contributed by atoms with Gasteiger partial charge in [-0.1, -0.05) is 91.5 Å². The second kappa shape index (κ2) is 11.4. The number of rotatable bonds is 8. The van der Waals surface area contributed by atoms with Crippen LogP contribution >= 0.6 is 11.8 Å². The molecule has 0 radical (unpaired) electrons. The Morgan fingerprint density at radius 2 is 1.72 bits per heavy atom. The maximum atomic E-state index is 9.45. The zero-order valence-corrected chi connectivity index (χ0v) is 20.9. The van der Waals surface area contributed by atoms with Crippen LogP contribution in [0.4, 0.5) is 0 Å². The highest BCUT2D eigenvalue weighted by Gasteiger charge is 2.38. The topological polar surface area (TPSA) is 106 Å². The number of aromatic nitrogens is 3. The van der Waals surface area contributed by atoms with E-state index in [1.165, 1.54) is 6.33 Å². The lowest BCUT2D eigenvalue weighted by Gasteiger charge is -2.41. The van der Waals surface area contributed by atoms with Gasteiger partial charge in [0.25, 0.3) is 0 Å². The molecule has 0 saturated carbocycles. The van der Waals surface area contributed by atoms with Crippen molar-refractivity contribution in [1.29, 1.82) is 0 Å². The summed E-state index contributed by atoms with van der Waals surface area (Å²) in [6, 6.07) is 24.5. The Bertz CT molecular complexity index is 1250. The molecule has 4 N–H and O–H groups in total. The molecule has 3 aromatic carbocycles. The van der Waals surface area contributed by atoms with Gasteiger partial charge >= 0.3 is 0 Å². The van der Waals surface area contributed by atoms with E-state index in [0.29, 0.717) is 12.3 Å². The second-order valence-electron chi connectivity index (χ2n) is 8.91. The smallest absolute Gasteiger partial charge is 0.184 e. The number of aromatic amines is 1. The number of nitrogens with two attached hydrogens (primary N) is 1. The lowest BCUT2D eigenvalue weighted by molar-refractivity contribution is -0.268. The summed E-state index contributed by atoms with van der Waals surface area (Å²) in [5.74, 6) is 0.816. The van der Waals surface area contributed by atoms with Crippen molar-refractivity contribution in [1.82, 2.24) is 15.2 Å². The number of hydrogen-bond acceptors (Lipinski definition) is 7. The molecule has 4 atom stereocenters.